The number of anilines is 1. The topological polar surface area (TPSA) is 109 Å². The molecule has 0 saturated heterocycles. The summed E-state index contributed by atoms with van der Waals surface area (Å²) in [5.41, 5.74) is 0.950. The highest BCUT2D eigenvalue weighted by Gasteiger charge is 2.45. The molecular formula is C27H20ClNO7. The molecule has 182 valence electrons. The summed E-state index contributed by atoms with van der Waals surface area (Å²) in [4.78, 5) is 28.3. The second-order valence-electron chi connectivity index (χ2n) is 8.10. The Hall–Kier alpha value is -4.43. The van der Waals surface area contributed by atoms with Crippen molar-refractivity contribution >= 4 is 39.9 Å². The molecule has 1 atom stereocenters. The molecule has 0 fully saturated rings. The molecule has 5 rings (SSSR count). The average Bonchev–Trinajstić information content (AvgIpc) is 3.42. The quantitative estimate of drug-likeness (QED) is 0.328. The molecule has 36 heavy (non-hydrogen) atoms. The SMILES string of the molecule is COc1ccc(N2C(=O)C(O)=C(C(=O)c3cc4cc(Cl)cc(OC)c4o3)C2c2cccc(O)c2)cc1. The van der Waals surface area contributed by atoms with E-state index in [0.717, 1.165) is 0 Å². The Morgan fingerprint density at radius 1 is 1.00 bits per heavy atom. The van der Waals surface area contributed by atoms with Crippen molar-refractivity contribution in [2.45, 2.75) is 6.04 Å². The number of rotatable bonds is 6. The van der Waals surface area contributed by atoms with E-state index in [9.17, 15) is 19.8 Å². The van der Waals surface area contributed by atoms with Gasteiger partial charge in [-0.3, -0.25) is 14.5 Å². The zero-order valence-electron chi connectivity index (χ0n) is 19.2. The number of phenols is 1. The van der Waals surface area contributed by atoms with Crippen LogP contribution in [0.25, 0.3) is 11.0 Å². The maximum atomic E-state index is 13.8. The van der Waals surface area contributed by atoms with E-state index in [1.165, 1.54) is 37.3 Å². The fraction of sp³-hybridized carbons (Fsp3) is 0.111. The van der Waals surface area contributed by atoms with Crippen molar-refractivity contribution in [3.05, 3.63) is 94.4 Å². The third kappa shape index (κ3) is 3.81. The van der Waals surface area contributed by atoms with E-state index in [2.05, 4.69) is 0 Å². The average molecular weight is 506 g/mol. The van der Waals surface area contributed by atoms with Crippen LogP contribution < -0.4 is 14.4 Å². The first-order chi connectivity index (χ1) is 17.3. The molecule has 3 aromatic carbocycles. The fourth-order valence-electron chi connectivity index (χ4n) is 4.34. The van der Waals surface area contributed by atoms with Crippen LogP contribution in [0.5, 0.6) is 17.2 Å². The summed E-state index contributed by atoms with van der Waals surface area (Å²) in [7, 11) is 2.97. The van der Waals surface area contributed by atoms with E-state index in [-0.39, 0.29) is 17.1 Å². The third-order valence-electron chi connectivity index (χ3n) is 5.98. The monoisotopic (exact) mass is 505 g/mol. The standard InChI is InChI=1S/C27H20ClNO7/c1-34-19-8-6-17(7-9-19)29-23(14-4-3-5-18(30)11-14)22(25(32)27(29)33)24(31)20-12-15-10-16(28)13-21(35-2)26(15)36-20/h3-13,23,30,32H,1-2H3. The van der Waals surface area contributed by atoms with Crippen LogP contribution in [-0.2, 0) is 4.79 Å². The van der Waals surface area contributed by atoms with Gasteiger partial charge >= 0.3 is 0 Å². The number of aromatic hydroxyl groups is 1. The van der Waals surface area contributed by atoms with Crippen molar-refractivity contribution in [2.24, 2.45) is 0 Å². The maximum absolute atomic E-state index is 13.8. The predicted molar refractivity (Wildman–Crippen MR) is 133 cm³/mol. The van der Waals surface area contributed by atoms with E-state index in [4.69, 9.17) is 25.5 Å². The van der Waals surface area contributed by atoms with Gasteiger partial charge in [-0.1, -0.05) is 23.7 Å². The molecule has 0 bridgehead atoms. The van der Waals surface area contributed by atoms with Gasteiger partial charge in [0, 0.05) is 22.2 Å². The van der Waals surface area contributed by atoms with E-state index in [1.807, 2.05) is 0 Å². The summed E-state index contributed by atoms with van der Waals surface area (Å²) in [5.74, 6) is -1.44. The molecule has 8 nitrogen and oxygen atoms in total. The van der Waals surface area contributed by atoms with Gasteiger partial charge in [0.2, 0.25) is 5.78 Å². The van der Waals surface area contributed by atoms with E-state index in [0.29, 0.717) is 38.7 Å². The van der Waals surface area contributed by atoms with Crippen LogP contribution >= 0.6 is 11.6 Å². The number of hydrogen-bond acceptors (Lipinski definition) is 7. The number of fused-ring (bicyclic) bond motifs is 1. The third-order valence-corrected chi connectivity index (χ3v) is 6.20. The van der Waals surface area contributed by atoms with Crippen molar-refractivity contribution in [1.29, 1.82) is 0 Å². The number of amides is 1. The number of aliphatic hydroxyl groups is 1. The van der Waals surface area contributed by atoms with Gasteiger partial charge in [-0.15, -0.1) is 0 Å². The minimum absolute atomic E-state index is 0.0593. The molecule has 0 aliphatic carbocycles. The van der Waals surface area contributed by atoms with Crippen molar-refractivity contribution in [1.82, 2.24) is 0 Å². The molecule has 1 unspecified atom stereocenters. The summed E-state index contributed by atoms with van der Waals surface area (Å²) in [6, 6.07) is 16.4. The highest BCUT2D eigenvalue weighted by Crippen LogP contribution is 2.43. The molecule has 1 aliphatic heterocycles. The Morgan fingerprint density at radius 2 is 1.75 bits per heavy atom. The lowest BCUT2D eigenvalue weighted by Gasteiger charge is -2.27. The van der Waals surface area contributed by atoms with Gasteiger partial charge in [0.1, 0.15) is 11.5 Å². The zero-order chi connectivity index (χ0) is 25.6. The van der Waals surface area contributed by atoms with E-state index in [1.54, 1.807) is 48.5 Å². The number of carbonyl (C=O) groups is 2. The maximum Gasteiger partial charge on any atom is 0.294 e. The number of Topliss-reactive ketones (excluding diaryl/α,β-unsaturated/α-hetero) is 1. The van der Waals surface area contributed by atoms with Crippen LogP contribution in [0.15, 0.2) is 82.5 Å². The van der Waals surface area contributed by atoms with Gasteiger partial charge in [-0.2, -0.15) is 0 Å². The summed E-state index contributed by atoms with van der Waals surface area (Å²) < 4.78 is 16.3. The van der Waals surface area contributed by atoms with Crippen LogP contribution in [0.4, 0.5) is 5.69 Å². The Balaban J connectivity index is 1.66. The number of benzene rings is 3. The lowest BCUT2D eigenvalue weighted by molar-refractivity contribution is -0.117. The molecule has 2 N–H and O–H groups in total. The number of ketones is 1. The Bertz CT molecular complexity index is 1540. The summed E-state index contributed by atoms with van der Waals surface area (Å²) in [5, 5.41) is 22.0. The van der Waals surface area contributed by atoms with Gasteiger partial charge in [-0.25, -0.2) is 0 Å². The molecule has 4 aromatic rings. The molecule has 1 aliphatic rings. The second kappa shape index (κ2) is 8.98. The van der Waals surface area contributed by atoms with Crippen LogP contribution in [0.2, 0.25) is 5.02 Å². The number of aliphatic hydroxyl groups excluding tert-OH is 1. The van der Waals surface area contributed by atoms with Gasteiger partial charge in [0.25, 0.3) is 5.91 Å². The van der Waals surface area contributed by atoms with Crippen molar-refractivity contribution in [3.63, 3.8) is 0 Å². The van der Waals surface area contributed by atoms with Gasteiger partial charge in [0.05, 0.1) is 25.8 Å². The zero-order valence-corrected chi connectivity index (χ0v) is 19.9. The summed E-state index contributed by atoms with van der Waals surface area (Å²) >= 11 is 6.15. The minimum atomic E-state index is -1.04. The molecule has 1 aromatic heterocycles. The lowest BCUT2D eigenvalue weighted by Crippen LogP contribution is -2.31. The number of methoxy groups -OCH3 is 2. The molecule has 2 heterocycles. The smallest absolute Gasteiger partial charge is 0.294 e. The Labute approximate surface area is 210 Å². The number of phenolic OH excluding ortho intramolecular Hbond substituents is 1. The molecule has 0 radical (unpaired) electrons. The van der Waals surface area contributed by atoms with E-state index < -0.39 is 23.5 Å². The van der Waals surface area contributed by atoms with Crippen molar-refractivity contribution in [2.75, 3.05) is 19.1 Å². The number of halogens is 1. The number of ether oxygens (including phenoxy) is 2. The fourth-order valence-corrected chi connectivity index (χ4v) is 4.56. The van der Waals surface area contributed by atoms with Gasteiger partial charge < -0.3 is 24.1 Å². The van der Waals surface area contributed by atoms with Crippen LogP contribution in [0.1, 0.15) is 22.2 Å². The highest BCUT2D eigenvalue weighted by molar-refractivity contribution is 6.31. The molecule has 9 heteroatoms. The number of furan rings is 1. The van der Waals surface area contributed by atoms with Crippen molar-refractivity contribution < 1.29 is 33.7 Å². The highest BCUT2D eigenvalue weighted by atomic mass is 35.5. The number of nitrogens with zero attached hydrogens (tertiary/aromatic N) is 1. The van der Waals surface area contributed by atoms with Crippen LogP contribution in [0, 0.1) is 0 Å². The molecule has 1 amide bonds. The minimum Gasteiger partial charge on any atom is -0.508 e. The molecule has 0 spiro atoms. The van der Waals surface area contributed by atoms with Crippen LogP contribution in [-0.4, -0.2) is 36.1 Å². The number of carbonyl (C=O) groups excluding carboxylic acids is 2. The second-order valence-corrected chi connectivity index (χ2v) is 8.54. The predicted octanol–water partition coefficient (Wildman–Crippen LogP) is 5.59. The van der Waals surface area contributed by atoms with Crippen molar-refractivity contribution in [3.8, 4) is 17.2 Å². The molecular weight excluding hydrogens is 486 g/mol. The van der Waals surface area contributed by atoms with Gasteiger partial charge in [0.15, 0.2) is 22.9 Å². The van der Waals surface area contributed by atoms with Crippen LogP contribution in [0.3, 0.4) is 0 Å². The molecule has 0 saturated carbocycles. The van der Waals surface area contributed by atoms with E-state index >= 15 is 0 Å². The normalized spacial score (nSPS) is 15.6. The number of hydrogen-bond donors (Lipinski definition) is 2. The first-order valence-corrected chi connectivity index (χ1v) is 11.2. The summed E-state index contributed by atoms with van der Waals surface area (Å²) in [6.07, 6.45) is 0. The van der Waals surface area contributed by atoms with Gasteiger partial charge in [-0.05, 0) is 54.1 Å². The Kier molecular flexibility index (Phi) is 5.81. The first-order valence-electron chi connectivity index (χ1n) is 10.8. The Morgan fingerprint density at radius 3 is 2.42 bits per heavy atom. The first kappa shape index (κ1) is 23.3. The largest absolute Gasteiger partial charge is 0.508 e. The lowest BCUT2D eigenvalue weighted by atomic mass is 9.94. The summed E-state index contributed by atoms with van der Waals surface area (Å²) in [6.45, 7) is 0.